The molecule has 1 aliphatic rings. The van der Waals surface area contributed by atoms with E-state index in [2.05, 4.69) is 31.6 Å². The molecule has 33 heavy (non-hydrogen) atoms. The van der Waals surface area contributed by atoms with Gasteiger partial charge in [0.1, 0.15) is 5.82 Å². The van der Waals surface area contributed by atoms with Crippen molar-refractivity contribution in [1.82, 2.24) is 28.9 Å². The molecule has 3 heterocycles. The van der Waals surface area contributed by atoms with E-state index >= 15 is 0 Å². The molecule has 1 fully saturated rings. The summed E-state index contributed by atoms with van der Waals surface area (Å²) in [6.07, 6.45) is 9.41. The fourth-order valence-electron chi connectivity index (χ4n) is 4.29. The number of carbonyl (C=O) groups is 1. The second kappa shape index (κ2) is 9.83. The molecule has 0 atom stereocenters. The van der Waals surface area contributed by atoms with Gasteiger partial charge < -0.3 is 14.0 Å². The van der Waals surface area contributed by atoms with Crippen molar-refractivity contribution < 1.29 is 4.79 Å². The number of carbonyl (C=O) groups excluding carboxylic acids is 1. The molecule has 4 aromatic rings. The van der Waals surface area contributed by atoms with Crippen molar-refractivity contribution in [3.63, 3.8) is 0 Å². The van der Waals surface area contributed by atoms with Crippen molar-refractivity contribution in [2.45, 2.75) is 13.1 Å². The standard InChI is InChI=1S/C26H28N6O/c33-26(24-8-6-22(7-9-24)20-30-12-10-27-21-30)32-18-15-29(16-19-32)14-17-31-13-11-28-25(31)23-4-2-1-3-5-23/h1-13,21H,14-20H2. The lowest BCUT2D eigenvalue weighted by molar-refractivity contribution is 0.0633. The summed E-state index contributed by atoms with van der Waals surface area (Å²) in [7, 11) is 0. The second-order valence-electron chi connectivity index (χ2n) is 8.38. The van der Waals surface area contributed by atoms with Gasteiger partial charge in [-0.05, 0) is 17.7 Å². The van der Waals surface area contributed by atoms with Crippen LogP contribution in [0.2, 0.25) is 0 Å². The number of hydrogen-bond acceptors (Lipinski definition) is 4. The number of piperazine rings is 1. The fourth-order valence-corrected chi connectivity index (χ4v) is 4.29. The Kier molecular flexibility index (Phi) is 6.30. The monoisotopic (exact) mass is 440 g/mol. The van der Waals surface area contributed by atoms with Crippen LogP contribution in [0.3, 0.4) is 0 Å². The van der Waals surface area contributed by atoms with Crippen molar-refractivity contribution in [1.29, 1.82) is 0 Å². The van der Waals surface area contributed by atoms with Gasteiger partial charge in [-0.1, -0.05) is 42.5 Å². The summed E-state index contributed by atoms with van der Waals surface area (Å²) in [6, 6.07) is 18.2. The van der Waals surface area contributed by atoms with E-state index in [9.17, 15) is 4.79 Å². The molecule has 2 aromatic heterocycles. The molecule has 7 nitrogen and oxygen atoms in total. The summed E-state index contributed by atoms with van der Waals surface area (Å²) in [5.74, 6) is 1.12. The van der Waals surface area contributed by atoms with Crippen molar-refractivity contribution in [3.8, 4) is 11.4 Å². The average molecular weight is 441 g/mol. The lowest BCUT2D eigenvalue weighted by Crippen LogP contribution is -2.49. The third-order valence-electron chi connectivity index (χ3n) is 6.19. The maximum absolute atomic E-state index is 13.0. The first-order chi connectivity index (χ1) is 16.3. The normalized spacial score (nSPS) is 14.5. The minimum absolute atomic E-state index is 0.116. The Balaban J connectivity index is 1.12. The molecule has 0 spiro atoms. The topological polar surface area (TPSA) is 59.2 Å². The first kappa shape index (κ1) is 21.2. The molecule has 0 radical (unpaired) electrons. The summed E-state index contributed by atoms with van der Waals surface area (Å²) in [5.41, 5.74) is 3.04. The van der Waals surface area contributed by atoms with Gasteiger partial charge in [-0.15, -0.1) is 0 Å². The van der Waals surface area contributed by atoms with Gasteiger partial charge in [0.25, 0.3) is 5.91 Å². The van der Waals surface area contributed by atoms with E-state index in [0.29, 0.717) is 0 Å². The SMILES string of the molecule is O=C(c1ccc(Cn2ccnc2)cc1)N1CCN(CCn2ccnc2-c2ccccc2)CC1. The van der Waals surface area contributed by atoms with Crippen molar-refractivity contribution in [2.75, 3.05) is 32.7 Å². The van der Waals surface area contributed by atoms with E-state index in [1.54, 1.807) is 12.5 Å². The van der Waals surface area contributed by atoms with Gasteiger partial charge in [0, 0.05) is 81.7 Å². The van der Waals surface area contributed by atoms with E-state index < -0.39 is 0 Å². The van der Waals surface area contributed by atoms with Crippen molar-refractivity contribution >= 4 is 5.91 Å². The number of imidazole rings is 2. The Morgan fingerprint density at radius 2 is 1.64 bits per heavy atom. The van der Waals surface area contributed by atoms with Gasteiger partial charge in [-0.3, -0.25) is 9.69 Å². The first-order valence-corrected chi connectivity index (χ1v) is 11.4. The van der Waals surface area contributed by atoms with E-state index in [0.717, 1.165) is 68.3 Å². The third kappa shape index (κ3) is 5.04. The minimum atomic E-state index is 0.116. The zero-order valence-electron chi connectivity index (χ0n) is 18.6. The predicted molar refractivity (Wildman–Crippen MR) is 128 cm³/mol. The van der Waals surface area contributed by atoms with Gasteiger partial charge >= 0.3 is 0 Å². The number of hydrogen-bond donors (Lipinski definition) is 0. The third-order valence-corrected chi connectivity index (χ3v) is 6.19. The molecule has 0 bridgehead atoms. The van der Waals surface area contributed by atoms with Gasteiger partial charge in [-0.25, -0.2) is 9.97 Å². The number of aromatic nitrogens is 4. The molecule has 0 unspecified atom stereocenters. The lowest BCUT2D eigenvalue weighted by Gasteiger charge is -2.35. The highest BCUT2D eigenvalue weighted by atomic mass is 16.2. The molecule has 0 N–H and O–H groups in total. The van der Waals surface area contributed by atoms with Gasteiger partial charge in [0.05, 0.1) is 6.33 Å². The van der Waals surface area contributed by atoms with Crippen LogP contribution in [0.25, 0.3) is 11.4 Å². The minimum Gasteiger partial charge on any atom is -0.336 e. The van der Waals surface area contributed by atoms with Gasteiger partial charge in [-0.2, -0.15) is 0 Å². The van der Waals surface area contributed by atoms with Crippen LogP contribution in [-0.2, 0) is 13.1 Å². The Morgan fingerprint density at radius 1 is 0.848 bits per heavy atom. The molecule has 7 heteroatoms. The highest BCUT2D eigenvalue weighted by Gasteiger charge is 2.22. The summed E-state index contributed by atoms with van der Waals surface area (Å²) < 4.78 is 4.22. The van der Waals surface area contributed by atoms with Crippen molar-refractivity contribution in [3.05, 3.63) is 96.8 Å². The molecular weight excluding hydrogens is 412 g/mol. The number of amides is 1. The average Bonchev–Trinajstić information content (AvgIpc) is 3.56. The van der Waals surface area contributed by atoms with Crippen LogP contribution in [0.15, 0.2) is 85.7 Å². The molecule has 0 saturated carbocycles. The van der Waals surface area contributed by atoms with Crippen LogP contribution in [0, 0.1) is 0 Å². The van der Waals surface area contributed by atoms with E-state index in [1.165, 1.54) is 0 Å². The second-order valence-corrected chi connectivity index (χ2v) is 8.38. The van der Waals surface area contributed by atoms with Crippen LogP contribution in [-0.4, -0.2) is 67.5 Å². The summed E-state index contributed by atoms with van der Waals surface area (Å²) in [4.78, 5) is 26.0. The molecule has 2 aromatic carbocycles. The zero-order valence-corrected chi connectivity index (χ0v) is 18.6. The number of nitrogens with zero attached hydrogens (tertiary/aromatic N) is 6. The number of rotatable bonds is 7. The first-order valence-electron chi connectivity index (χ1n) is 11.4. The summed E-state index contributed by atoms with van der Waals surface area (Å²) in [6.45, 7) is 5.88. The maximum Gasteiger partial charge on any atom is 0.253 e. The van der Waals surface area contributed by atoms with E-state index in [4.69, 9.17) is 0 Å². The largest absolute Gasteiger partial charge is 0.336 e. The Hall–Kier alpha value is -3.71. The Labute approximate surface area is 193 Å². The lowest BCUT2D eigenvalue weighted by atomic mass is 10.1. The predicted octanol–water partition coefficient (Wildman–Crippen LogP) is 3.25. The smallest absolute Gasteiger partial charge is 0.253 e. The molecule has 1 amide bonds. The summed E-state index contributed by atoms with van der Waals surface area (Å²) >= 11 is 0. The van der Waals surface area contributed by atoms with Gasteiger partial charge in [0.2, 0.25) is 0 Å². The molecular formula is C26H28N6O. The fraction of sp³-hybridized carbons (Fsp3) is 0.269. The Bertz CT molecular complexity index is 1160. The van der Waals surface area contributed by atoms with Crippen LogP contribution in [0.1, 0.15) is 15.9 Å². The molecule has 1 aliphatic heterocycles. The maximum atomic E-state index is 13.0. The number of benzene rings is 2. The molecule has 5 rings (SSSR count). The zero-order chi connectivity index (χ0) is 22.5. The molecule has 168 valence electrons. The van der Waals surface area contributed by atoms with Crippen molar-refractivity contribution in [2.24, 2.45) is 0 Å². The molecule has 1 saturated heterocycles. The van der Waals surface area contributed by atoms with Crippen LogP contribution >= 0.6 is 0 Å². The highest BCUT2D eigenvalue weighted by Crippen LogP contribution is 2.17. The molecule has 0 aliphatic carbocycles. The summed E-state index contributed by atoms with van der Waals surface area (Å²) in [5, 5.41) is 0. The van der Waals surface area contributed by atoms with E-state index in [1.807, 2.05) is 70.5 Å². The van der Waals surface area contributed by atoms with E-state index in [-0.39, 0.29) is 5.91 Å². The highest BCUT2D eigenvalue weighted by molar-refractivity contribution is 5.94. The van der Waals surface area contributed by atoms with Crippen LogP contribution < -0.4 is 0 Å². The van der Waals surface area contributed by atoms with Crippen LogP contribution in [0.5, 0.6) is 0 Å². The van der Waals surface area contributed by atoms with Gasteiger partial charge in [0.15, 0.2) is 0 Å². The Morgan fingerprint density at radius 3 is 2.36 bits per heavy atom. The quantitative estimate of drug-likeness (QED) is 0.443. The van der Waals surface area contributed by atoms with Crippen LogP contribution in [0.4, 0.5) is 0 Å².